The number of phenols is 1. The average molecular weight is 433 g/mol. The molecule has 1 aliphatic rings. The maximum atomic E-state index is 10.8. The van der Waals surface area contributed by atoms with Crippen LogP contribution in [0.5, 0.6) is 5.75 Å². The summed E-state index contributed by atoms with van der Waals surface area (Å²) in [5.74, 6) is 1.45. The van der Waals surface area contributed by atoms with Crippen molar-refractivity contribution in [2.45, 2.75) is 52.6 Å². The minimum absolute atomic E-state index is 0.0859. The average Bonchev–Trinajstić information content (AvgIpc) is 3.34. The molecule has 0 bridgehead atoms. The highest BCUT2D eigenvalue weighted by molar-refractivity contribution is 5.89. The summed E-state index contributed by atoms with van der Waals surface area (Å²) in [5.41, 5.74) is 4.77. The van der Waals surface area contributed by atoms with E-state index in [-0.39, 0.29) is 11.3 Å². The molecule has 4 aromatic rings. The summed E-state index contributed by atoms with van der Waals surface area (Å²) in [6.07, 6.45) is 2.82. The molecule has 1 aliphatic heterocycles. The Balaban J connectivity index is 1.45. The summed E-state index contributed by atoms with van der Waals surface area (Å²) < 4.78 is 5.68. The fourth-order valence-corrected chi connectivity index (χ4v) is 4.41. The molecule has 1 saturated heterocycles. The normalized spacial score (nSPS) is 17.0. The van der Waals surface area contributed by atoms with Crippen LogP contribution in [0, 0.1) is 13.8 Å². The lowest BCUT2D eigenvalue weighted by Gasteiger charge is -2.26. The van der Waals surface area contributed by atoms with Gasteiger partial charge in [0.15, 0.2) is 11.5 Å². The molecule has 2 N–H and O–H groups in total. The fourth-order valence-electron chi connectivity index (χ4n) is 4.41. The van der Waals surface area contributed by atoms with Crippen molar-refractivity contribution in [3.05, 3.63) is 35.9 Å². The third kappa shape index (κ3) is 3.75. The highest BCUT2D eigenvalue weighted by atomic mass is 16.3. The minimum Gasteiger partial charge on any atom is -0.507 e. The van der Waals surface area contributed by atoms with Crippen LogP contribution in [0.2, 0.25) is 0 Å². The quantitative estimate of drug-likeness (QED) is 0.499. The van der Waals surface area contributed by atoms with E-state index in [0.29, 0.717) is 45.4 Å². The number of aromatic nitrogens is 4. The van der Waals surface area contributed by atoms with Crippen LogP contribution in [-0.4, -0.2) is 49.7 Å². The monoisotopic (exact) mass is 432 g/mol. The van der Waals surface area contributed by atoms with E-state index in [1.54, 1.807) is 19.2 Å². The lowest BCUT2D eigenvalue weighted by atomic mass is 10.0. The molecule has 0 amide bonds. The Morgan fingerprint density at radius 3 is 2.72 bits per heavy atom. The Hall–Kier alpha value is -3.26. The number of oxazole rings is 1. The summed E-state index contributed by atoms with van der Waals surface area (Å²) in [7, 11) is 0. The largest absolute Gasteiger partial charge is 0.507 e. The van der Waals surface area contributed by atoms with Gasteiger partial charge in [0.05, 0.1) is 17.4 Å². The van der Waals surface area contributed by atoms with E-state index in [9.17, 15) is 5.11 Å². The molecule has 5 rings (SSSR count). The molecule has 0 spiro atoms. The highest BCUT2D eigenvalue weighted by Gasteiger charge is 2.27. The van der Waals surface area contributed by atoms with Crippen LogP contribution in [0.3, 0.4) is 0 Å². The predicted molar refractivity (Wildman–Crippen MR) is 125 cm³/mol. The number of anilines is 1. The molecular weight excluding hydrogens is 404 g/mol. The number of benzene rings is 1. The number of phenolic OH excluding ortho intramolecular Hbond substituents is 1. The second kappa shape index (κ2) is 7.41. The number of nitrogens with one attached hydrogen (secondary N) is 1. The predicted octanol–water partition coefficient (Wildman–Crippen LogP) is 4.12. The SMILES string of the molecule is Cc1nc2c(C)c(O)c(-c3ccc4nc(N5CC[C@@H](NC(C)(C)C)C5)ncc4n3)cc2o1. The van der Waals surface area contributed by atoms with Gasteiger partial charge in [0.25, 0.3) is 0 Å². The molecule has 4 heterocycles. The van der Waals surface area contributed by atoms with Crippen molar-refractivity contribution in [3.8, 4) is 17.0 Å². The van der Waals surface area contributed by atoms with E-state index in [1.807, 2.05) is 19.1 Å². The zero-order valence-corrected chi connectivity index (χ0v) is 19.1. The van der Waals surface area contributed by atoms with E-state index in [1.165, 1.54) is 0 Å². The van der Waals surface area contributed by atoms with Crippen molar-refractivity contribution in [2.75, 3.05) is 18.0 Å². The molecule has 3 aromatic heterocycles. The van der Waals surface area contributed by atoms with Crippen molar-refractivity contribution >= 4 is 28.1 Å². The van der Waals surface area contributed by atoms with E-state index in [2.05, 4.69) is 41.0 Å². The summed E-state index contributed by atoms with van der Waals surface area (Å²) >= 11 is 0. The molecule has 1 fully saturated rings. The third-order valence-corrected chi connectivity index (χ3v) is 5.81. The molecule has 0 saturated carbocycles. The van der Waals surface area contributed by atoms with Crippen LogP contribution in [-0.2, 0) is 0 Å². The maximum absolute atomic E-state index is 10.8. The number of aromatic hydroxyl groups is 1. The number of hydrogen-bond donors (Lipinski definition) is 2. The van der Waals surface area contributed by atoms with Crippen LogP contribution >= 0.6 is 0 Å². The minimum atomic E-state index is 0.0859. The van der Waals surface area contributed by atoms with Crippen molar-refractivity contribution in [1.82, 2.24) is 25.3 Å². The van der Waals surface area contributed by atoms with Gasteiger partial charge in [0.2, 0.25) is 5.95 Å². The number of nitrogens with zero attached hydrogens (tertiary/aromatic N) is 5. The van der Waals surface area contributed by atoms with Crippen molar-refractivity contribution in [3.63, 3.8) is 0 Å². The van der Waals surface area contributed by atoms with Gasteiger partial charge in [-0.1, -0.05) is 0 Å². The first-order valence-electron chi connectivity index (χ1n) is 10.9. The Morgan fingerprint density at radius 2 is 1.94 bits per heavy atom. The van der Waals surface area contributed by atoms with Crippen LogP contribution < -0.4 is 10.2 Å². The Morgan fingerprint density at radius 1 is 1.12 bits per heavy atom. The molecule has 0 radical (unpaired) electrons. The van der Waals surface area contributed by atoms with Crippen LogP contribution in [0.25, 0.3) is 33.4 Å². The third-order valence-electron chi connectivity index (χ3n) is 5.81. The fraction of sp³-hybridized carbons (Fsp3) is 0.417. The van der Waals surface area contributed by atoms with Gasteiger partial charge in [-0.25, -0.2) is 19.9 Å². The summed E-state index contributed by atoms with van der Waals surface area (Å²) in [6, 6.07) is 6.01. The Bertz CT molecular complexity index is 1320. The number of rotatable bonds is 3. The number of pyridine rings is 1. The molecule has 8 heteroatoms. The maximum Gasteiger partial charge on any atom is 0.226 e. The summed E-state index contributed by atoms with van der Waals surface area (Å²) in [4.78, 5) is 20.6. The first kappa shape index (κ1) is 20.6. The van der Waals surface area contributed by atoms with Gasteiger partial charge >= 0.3 is 0 Å². The van der Waals surface area contributed by atoms with E-state index >= 15 is 0 Å². The van der Waals surface area contributed by atoms with E-state index in [4.69, 9.17) is 14.4 Å². The molecule has 8 nitrogen and oxygen atoms in total. The van der Waals surface area contributed by atoms with E-state index in [0.717, 1.165) is 31.0 Å². The molecular formula is C24H28N6O2. The van der Waals surface area contributed by atoms with Crippen molar-refractivity contribution in [2.24, 2.45) is 0 Å². The lowest BCUT2D eigenvalue weighted by Crippen LogP contribution is -2.45. The van der Waals surface area contributed by atoms with Gasteiger partial charge < -0.3 is 19.7 Å². The molecule has 1 aromatic carbocycles. The van der Waals surface area contributed by atoms with Gasteiger partial charge in [-0.05, 0) is 52.3 Å². The highest BCUT2D eigenvalue weighted by Crippen LogP contribution is 2.37. The standard InChI is InChI=1S/C24H28N6O2/c1-13-21-20(32-14(2)26-21)10-16(22(13)31)17-6-7-18-19(27-17)11-25-23(28-18)30-9-8-15(12-30)29-24(3,4)5/h6-7,10-11,15,29,31H,8-9,12H2,1-5H3/t15-/m1/s1. The summed E-state index contributed by atoms with van der Waals surface area (Å²) in [6.45, 7) is 12.0. The second-order valence-electron chi connectivity index (χ2n) is 9.57. The molecule has 0 unspecified atom stereocenters. The Kier molecular flexibility index (Phi) is 4.78. The van der Waals surface area contributed by atoms with Gasteiger partial charge in [-0.15, -0.1) is 0 Å². The number of aryl methyl sites for hydroxylation is 2. The topological polar surface area (TPSA) is 100 Å². The van der Waals surface area contributed by atoms with Gasteiger partial charge in [-0.3, -0.25) is 0 Å². The first-order chi connectivity index (χ1) is 15.2. The molecule has 1 atom stereocenters. The van der Waals surface area contributed by atoms with Crippen molar-refractivity contribution in [1.29, 1.82) is 0 Å². The zero-order valence-electron chi connectivity index (χ0n) is 19.1. The van der Waals surface area contributed by atoms with E-state index < -0.39 is 0 Å². The van der Waals surface area contributed by atoms with Gasteiger partial charge in [0.1, 0.15) is 16.8 Å². The van der Waals surface area contributed by atoms with Crippen LogP contribution in [0.15, 0.2) is 28.8 Å². The second-order valence-corrected chi connectivity index (χ2v) is 9.57. The smallest absolute Gasteiger partial charge is 0.226 e. The lowest BCUT2D eigenvalue weighted by molar-refractivity contribution is 0.373. The first-order valence-corrected chi connectivity index (χ1v) is 10.9. The van der Waals surface area contributed by atoms with Crippen LogP contribution in [0.1, 0.15) is 38.6 Å². The molecule has 32 heavy (non-hydrogen) atoms. The number of hydrogen-bond acceptors (Lipinski definition) is 8. The van der Waals surface area contributed by atoms with Crippen molar-refractivity contribution < 1.29 is 9.52 Å². The Labute approximate surface area is 186 Å². The zero-order chi connectivity index (χ0) is 22.6. The van der Waals surface area contributed by atoms with Gasteiger partial charge in [-0.2, -0.15) is 0 Å². The van der Waals surface area contributed by atoms with Gasteiger partial charge in [0, 0.05) is 42.7 Å². The molecule has 166 valence electrons. The summed E-state index contributed by atoms with van der Waals surface area (Å²) in [5, 5.41) is 14.4. The number of fused-ring (bicyclic) bond motifs is 2. The molecule has 0 aliphatic carbocycles. The van der Waals surface area contributed by atoms with Crippen LogP contribution in [0.4, 0.5) is 5.95 Å².